The highest BCUT2D eigenvalue weighted by molar-refractivity contribution is 8.00. The zero-order valence-corrected chi connectivity index (χ0v) is 23.4. The van der Waals surface area contributed by atoms with Crippen molar-refractivity contribution < 1.29 is 14.1 Å². The Morgan fingerprint density at radius 1 is 1.08 bits per heavy atom. The number of hydrogen-bond acceptors (Lipinski definition) is 6. The van der Waals surface area contributed by atoms with Crippen LogP contribution in [0.5, 0.6) is 0 Å². The van der Waals surface area contributed by atoms with Crippen LogP contribution in [0.1, 0.15) is 56.9 Å². The molecule has 0 fully saturated rings. The molecule has 2 atom stereocenters. The number of rotatable bonds is 12. The third-order valence-electron chi connectivity index (χ3n) is 6.73. The first-order valence-electron chi connectivity index (χ1n) is 12.9. The number of hydrogen-bond donors (Lipinski definition) is 2. The first-order valence-corrected chi connectivity index (χ1v) is 13.7. The molecule has 0 saturated heterocycles. The summed E-state index contributed by atoms with van der Waals surface area (Å²) in [5.41, 5.74) is 4.99. The SMILES string of the molecule is CCCC(=O)N(Cc1ccc(-c2ccccc2SNc2onc(C)c2C)cc1)[C@H](C(=O)NC)[C@@H](C)CC. The second-order valence-corrected chi connectivity index (χ2v) is 10.2. The van der Waals surface area contributed by atoms with Gasteiger partial charge >= 0.3 is 0 Å². The lowest BCUT2D eigenvalue weighted by molar-refractivity contribution is -0.143. The summed E-state index contributed by atoms with van der Waals surface area (Å²) in [4.78, 5) is 28.7. The Hall–Kier alpha value is -3.26. The van der Waals surface area contributed by atoms with Gasteiger partial charge < -0.3 is 14.7 Å². The Labute approximate surface area is 224 Å². The Balaban J connectivity index is 1.83. The van der Waals surface area contributed by atoms with E-state index >= 15 is 0 Å². The van der Waals surface area contributed by atoms with Crippen LogP contribution >= 0.6 is 11.9 Å². The molecule has 198 valence electrons. The molecule has 0 aliphatic heterocycles. The predicted octanol–water partition coefficient (Wildman–Crippen LogP) is 6.37. The fraction of sp³-hybridized carbons (Fsp3) is 0.414. The zero-order valence-electron chi connectivity index (χ0n) is 22.6. The van der Waals surface area contributed by atoms with E-state index in [2.05, 4.69) is 39.5 Å². The van der Waals surface area contributed by atoms with Crippen molar-refractivity contribution in [1.82, 2.24) is 15.4 Å². The summed E-state index contributed by atoms with van der Waals surface area (Å²) in [6.07, 6.45) is 1.97. The average Bonchev–Trinajstić information content (AvgIpc) is 3.24. The summed E-state index contributed by atoms with van der Waals surface area (Å²) in [5.74, 6) is 0.585. The topological polar surface area (TPSA) is 87.5 Å². The summed E-state index contributed by atoms with van der Waals surface area (Å²) in [7, 11) is 1.63. The van der Waals surface area contributed by atoms with Gasteiger partial charge in [-0.05, 0) is 60.9 Å². The molecule has 2 N–H and O–H groups in total. The predicted molar refractivity (Wildman–Crippen MR) is 150 cm³/mol. The molecule has 0 bridgehead atoms. The van der Waals surface area contributed by atoms with E-state index < -0.39 is 6.04 Å². The van der Waals surface area contributed by atoms with Crippen molar-refractivity contribution in [1.29, 1.82) is 0 Å². The number of amides is 2. The first-order chi connectivity index (χ1) is 17.8. The molecule has 3 aromatic rings. The van der Waals surface area contributed by atoms with Gasteiger partial charge in [-0.3, -0.25) is 14.3 Å². The van der Waals surface area contributed by atoms with Crippen molar-refractivity contribution in [3.8, 4) is 11.1 Å². The van der Waals surface area contributed by atoms with Crippen LogP contribution in [-0.2, 0) is 16.1 Å². The van der Waals surface area contributed by atoms with Crippen molar-refractivity contribution in [3.63, 3.8) is 0 Å². The maximum atomic E-state index is 13.1. The van der Waals surface area contributed by atoms with Crippen molar-refractivity contribution in [2.45, 2.75) is 71.4 Å². The molecule has 8 heteroatoms. The minimum atomic E-state index is -0.500. The van der Waals surface area contributed by atoms with Crippen molar-refractivity contribution in [2.24, 2.45) is 5.92 Å². The summed E-state index contributed by atoms with van der Waals surface area (Å²) in [6.45, 7) is 10.3. The lowest BCUT2D eigenvalue weighted by Gasteiger charge is -2.34. The van der Waals surface area contributed by atoms with Gasteiger partial charge in [-0.1, -0.05) is 74.8 Å². The quantitative estimate of drug-likeness (QED) is 0.269. The Morgan fingerprint density at radius 2 is 1.78 bits per heavy atom. The largest absolute Gasteiger partial charge is 0.357 e. The first kappa shape index (κ1) is 28.3. The fourth-order valence-corrected chi connectivity index (χ4v) is 5.01. The summed E-state index contributed by atoms with van der Waals surface area (Å²) in [5, 5.41) is 6.76. The van der Waals surface area contributed by atoms with E-state index in [1.807, 2.05) is 58.9 Å². The molecule has 1 heterocycles. The van der Waals surface area contributed by atoms with Gasteiger partial charge in [0, 0.05) is 30.5 Å². The maximum absolute atomic E-state index is 13.1. The number of likely N-dealkylation sites (N-methyl/N-ethyl adjacent to an activating group) is 1. The molecule has 0 spiro atoms. The Bertz CT molecular complexity index is 1190. The number of benzene rings is 2. The van der Waals surface area contributed by atoms with E-state index in [1.54, 1.807) is 11.9 Å². The zero-order chi connectivity index (χ0) is 26.9. The number of anilines is 1. The number of aromatic nitrogens is 1. The summed E-state index contributed by atoms with van der Waals surface area (Å²) < 4.78 is 8.65. The van der Waals surface area contributed by atoms with Crippen molar-refractivity contribution >= 4 is 29.6 Å². The number of nitrogens with one attached hydrogen (secondary N) is 2. The average molecular weight is 523 g/mol. The molecule has 7 nitrogen and oxygen atoms in total. The van der Waals surface area contributed by atoms with Gasteiger partial charge in [0.1, 0.15) is 6.04 Å². The van der Waals surface area contributed by atoms with Crippen LogP contribution in [0, 0.1) is 19.8 Å². The fourth-order valence-electron chi connectivity index (χ4n) is 4.17. The van der Waals surface area contributed by atoms with Crippen molar-refractivity contribution in [3.05, 3.63) is 65.4 Å². The minimum Gasteiger partial charge on any atom is -0.357 e. The van der Waals surface area contributed by atoms with Crippen LogP contribution in [0.2, 0.25) is 0 Å². The third kappa shape index (κ3) is 6.95. The van der Waals surface area contributed by atoms with Gasteiger partial charge in [-0.15, -0.1) is 0 Å². The van der Waals surface area contributed by atoms with Gasteiger partial charge in [0.25, 0.3) is 0 Å². The summed E-state index contributed by atoms with van der Waals surface area (Å²) in [6, 6.07) is 15.9. The monoisotopic (exact) mass is 522 g/mol. The van der Waals surface area contributed by atoms with E-state index in [0.717, 1.165) is 45.7 Å². The minimum absolute atomic E-state index is 0.00578. The van der Waals surface area contributed by atoms with Crippen molar-refractivity contribution in [2.75, 3.05) is 11.8 Å². The molecule has 2 amide bonds. The molecule has 2 aromatic carbocycles. The van der Waals surface area contributed by atoms with Crippen LogP contribution < -0.4 is 10.0 Å². The van der Waals surface area contributed by atoms with E-state index in [0.29, 0.717) is 18.8 Å². The van der Waals surface area contributed by atoms with Gasteiger partial charge in [0.05, 0.1) is 5.69 Å². The number of carbonyl (C=O) groups excluding carboxylic acids is 2. The smallest absolute Gasteiger partial charge is 0.242 e. The lowest BCUT2D eigenvalue weighted by atomic mass is 9.95. The van der Waals surface area contributed by atoms with E-state index in [-0.39, 0.29) is 17.7 Å². The lowest BCUT2D eigenvalue weighted by Crippen LogP contribution is -2.51. The molecule has 0 aliphatic rings. The Morgan fingerprint density at radius 3 is 2.38 bits per heavy atom. The molecule has 0 saturated carbocycles. The van der Waals surface area contributed by atoms with Crippen LogP contribution in [0.25, 0.3) is 11.1 Å². The molecular weight excluding hydrogens is 484 g/mol. The molecule has 0 radical (unpaired) electrons. The van der Waals surface area contributed by atoms with Gasteiger partial charge in [0.2, 0.25) is 17.7 Å². The highest BCUT2D eigenvalue weighted by atomic mass is 32.2. The van der Waals surface area contributed by atoms with E-state index in [9.17, 15) is 9.59 Å². The van der Waals surface area contributed by atoms with E-state index in [1.165, 1.54) is 11.9 Å². The van der Waals surface area contributed by atoms with Crippen LogP contribution in [-0.4, -0.2) is 35.0 Å². The third-order valence-corrected chi connectivity index (χ3v) is 7.60. The summed E-state index contributed by atoms with van der Waals surface area (Å²) >= 11 is 1.48. The highest BCUT2D eigenvalue weighted by Crippen LogP contribution is 2.33. The standard InChI is InChI=1S/C29H38N4O3S/c1-7-11-26(34)33(27(19(3)8-2)28(35)30-6)18-22-14-16-23(17-15-22)24-12-9-10-13-25(24)37-32-29-20(4)21(5)31-36-29/h9-10,12-17,19,27,32H,7-8,11,18H2,1-6H3,(H,30,35)/t19-,27-/m0/s1. The van der Waals surface area contributed by atoms with Gasteiger partial charge in [-0.2, -0.15) is 0 Å². The van der Waals surface area contributed by atoms with Gasteiger partial charge in [-0.25, -0.2) is 0 Å². The van der Waals surface area contributed by atoms with E-state index in [4.69, 9.17) is 4.52 Å². The van der Waals surface area contributed by atoms with Gasteiger partial charge in [0.15, 0.2) is 0 Å². The van der Waals surface area contributed by atoms with Crippen LogP contribution in [0.4, 0.5) is 5.88 Å². The molecule has 3 rings (SSSR count). The highest BCUT2D eigenvalue weighted by Gasteiger charge is 2.32. The Kier molecular flexibility index (Phi) is 10.2. The molecular formula is C29H38N4O3S. The molecule has 1 aromatic heterocycles. The maximum Gasteiger partial charge on any atom is 0.242 e. The number of nitrogens with zero attached hydrogens (tertiary/aromatic N) is 2. The molecule has 0 unspecified atom stereocenters. The second kappa shape index (κ2) is 13.3. The molecule has 0 aliphatic carbocycles. The number of aryl methyl sites for hydroxylation is 1. The van der Waals surface area contributed by atoms with Crippen LogP contribution in [0.3, 0.4) is 0 Å². The van der Waals surface area contributed by atoms with Crippen LogP contribution in [0.15, 0.2) is 57.9 Å². The normalized spacial score (nSPS) is 12.6. The second-order valence-electron chi connectivity index (χ2n) is 9.34. The number of carbonyl (C=O) groups is 2. The molecule has 37 heavy (non-hydrogen) atoms.